The molecule has 1 atom stereocenters. The van der Waals surface area contributed by atoms with E-state index in [-0.39, 0.29) is 6.10 Å². The standard InChI is InChI=1S/C17H19F3N4O/c1-11-9-15(21-10-14-3-2-8-25-14)24-16(22-11)23-13-6-4-12(5-7-13)17(18,19)20/h4-7,9,14H,2-3,8,10H2,1H3,(H2,21,22,23,24). The van der Waals surface area contributed by atoms with Gasteiger partial charge in [-0.1, -0.05) is 0 Å². The molecule has 1 aliphatic rings. The maximum atomic E-state index is 12.6. The lowest BCUT2D eigenvalue weighted by Gasteiger charge is -2.13. The van der Waals surface area contributed by atoms with Crippen LogP contribution in [0.15, 0.2) is 30.3 Å². The van der Waals surface area contributed by atoms with Crippen molar-refractivity contribution in [2.45, 2.75) is 32.0 Å². The van der Waals surface area contributed by atoms with Gasteiger partial charge in [-0.2, -0.15) is 18.2 Å². The molecule has 5 nitrogen and oxygen atoms in total. The fourth-order valence-corrected chi connectivity index (χ4v) is 2.61. The van der Waals surface area contributed by atoms with E-state index in [1.807, 2.05) is 13.0 Å². The number of benzene rings is 1. The van der Waals surface area contributed by atoms with Crippen LogP contribution in [0.25, 0.3) is 0 Å². The number of hydrogen-bond donors (Lipinski definition) is 2. The van der Waals surface area contributed by atoms with Crippen LogP contribution in [-0.2, 0) is 10.9 Å². The molecule has 2 heterocycles. The number of ether oxygens (including phenoxy) is 1. The lowest BCUT2D eigenvalue weighted by molar-refractivity contribution is -0.137. The molecule has 0 aliphatic carbocycles. The monoisotopic (exact) mass is 352 g/mol. The van der Waals surface area contributed by atoms with E-state index < -0.39 is 11.7 Å². The highest BCUT2D eigenvalue weighted by Gasteiger charge is 2.29. The molecule has 134 valence electrons. The van der Waals surface area contributed by atoms with Crippen LogP contribution in [0.1, 0.15) is 24.1 Å². The van der Waals surface area contributed by atoms with Crippen LogP contribution in [0.5, 0.6) is 0 Å². The van der Waals surface area contributed by atoms with Crippen molar-refractivity contribution in [2.75, 3.05) is 23.8 Å². The van der Waals surface area contributed by atoms with Crippen LogP contribution in [0.4, 0.5) is 30.6 Å². The summed E-state index contributed by atoms with van der Waals surface area (Å²) in [7, 11) is 0. The Morgan fingerprint density at radius 1 is 1.20 bits per heavy atom. The van der Waals surface area contributed by atoms with Crippen LogP contribution < -0.4 is 10.6 Å². The minimum atomic E-state index is -4.35. The van der Waals surface area contributed by atoms with Crippen molar-refractivity contribution in [3.63, 3.8) is 0 Å². The molecule has 1 aliphatic heterocycles. The van der Waals surface area contributed by atoms with Crippen molar-refractivity contribution >= 4 is 17.5 Å². The topological polar surface area (TPSA) is 59.1 Å². The van der Waals surface area contributed by atoms with Gasteiger partial charge in [0.05, 0.1) is 11.7 Å². The number of aryl methyl sites for hydroxylation is 1. The summed E-state index contributed by atoms with van der Waals surface area (Å²) in [6, 6.07) is 6.57. The van der Waals surface area contributed by atoms with Gasteiger partial charge in [-0.15, -0.1) is 0 Å². The molecule has 0 amide bonds. The van der Waals surface area contributed by atoms with E-state index in [1.165, 1.54) is 12.1 Å². The highest BCUT2D eigenvalue weighted by atomic mass is 19.4. The van der Waals surface area contributed by atoms with Crippen LogP contribution >= 0.6 is 0 Å². The predicted octanol–water partition coefficient (Wildman–Crippen LogP) is 4.14. The molecule has 2 aromatic rings. The number of anilines is 3. The van der Waals surface area contributed by atoms with Crippen molar-refractivity contribution in [2.24, 2.45) is 0 Å². The van der Waals surface area contributed by atoms with Crippen molar-refractivity contribution in [1.82, 2.24) is 9.97 Å². The van der Waals surface area contributed by atoms with Crippen LogP contribution in [0, 0.1) is 6.92 Å². The summed E-state index contributed by atoms with van der Waals surface area (Å²) in [5, 5.41) is 6.15. The van der Waals surface area contributed by atoms with Crippen LogP contribution in [0.3, 0.4) is 0 Å². The molecular weight excluding hydrogens is 333 g/mol. The number of nitrogens with zero attached hydrogens (tertiary/aromatic N) is 2. The minimum absolute atomic E-state index is 0.182. The third kappa shape index (κ3) is 4.82. The van der Waals surface area contributed by atoms with Crippen molar-refractivity contribution in [3.8, 4) is 0 Å². The number of alkyl halides is 3. The zero-order valence-corrected chi connectivity index (χ0v) is 13.7. The molecule has 1 unspecified atom stereocenters. The largest absolute Gasteiger partial charge is 0.416 e. The Morgan fingerprint density at radius 2 is 1.96 bits per heavy atom. The lowest BCUT2D eigenvalue weighted by atomic mass is 10.2. The van der Waals surface area contributed by atoms with Crippen molar-refractivity contribution in [3.05, 3.63) is 41.6 Å². The third-order valence-corrected chi connectivity index (χ3v) is 3.86. The molecule has 1 aromatic carbocycles. The molecule has 0 spiro atoms. The molecule has 3 rings (SSSR count). The Kier molecular flexibility index (Phi) is 5.08. The zero-order chi connectivity index (χ0) is 17.9. The predicted molar refractivity (Wildman–Crippen MR) is 89.0 cm³/mol. The van der Waals surface area contributed by atoms with E-state index in [2.05, 4.69) is 20.6 Å². The van der Waals surface area contributed by atoms with Gasteiger partial charge in [0.15, 0.2) is 0 Å². The van der Waals surface area contributed by atoms with Gasteiger partial charge in [-0.25, -0.2) is 4.98 Å². The summed E-state index contributed by atoms with van der Waals surface area (Å²) in [6.07, 6.45) is -2.08. The Morgan fingerprint density at radius 3 is 2.60 bits per heavy atom. The fourth-order valence-electron chi connectivity index (χ4n) is 2.61. The summed E-state index contributed by atoms with van der Waals surface area (Å²) in [6.45, 7) is 3.28. The molecule has 0 saturated carbocycles. The highest BCUT2D eigenvalue weighted by molar-refractivity contribution is 5.55. The van der Waals surface area contributed by atoms with Gasteiger partial charge >= 0.3 is 6.18 Å². The number of nitrogens with one attached hydrogen (secondary N) is 2. The second kappa shape index (κ2) is 7.26. The van der Waals surface area contributed by atoms with Crippen molar-refractivity contribution < 1.29 is 17.9 Å². The van der Waals surface area contributed by atoms with Crippen LogP contribution in [-0.4, -0.2) is 29.2 Å². The average Bonchev–Trinajstić information content (AvgIpc) is 3.05. The van der Waals surface area contributed by atoms with E-state index in [0.717, 1.165) is 37.3 Å². The van der Waals surface area contributed by atoms with Gasteiger partial charge in [0.25, 0.3) is 0 Å². The molecule has 1 saturated heterocycles. The Labute approximate surface area is 143 Å². The normalized spacial score (nSPS) is 17.5. The van der Waals surface area contributed by atoms with E-state index in [4.69, 9.17) is 4.74 Å². The second-order valence-electron chi connectivity index (χ2n) is 5.93. The number of halogens is 3. The van der Waals surface area contributed by atoms with Gasteiger partial charge < -0.3 is 15.4 Å². The molecule has 0 radical (unpaired) electrons. The third-order valence-electron chi connectivity index (χ3n) is 3.86. The average molecular weight is 352 g/mol. The molecule has 1 fully saturated rings. The molecule has 2 N–H and O–H groups in total. The minimum Gasteiger partial charge on any atom is -0.376 e. The Hall–Kier alpha value is -2.35. The van der Waals surface area contributed by atoms with E-state index in [1.54, 1.807) is 0 Å². The maximum Gasteiger partial charge on any atom is 0.416 e. The first-order valence-corrected chi connectivity index (χ1v) is 8.05. The summed E-state index contributed by atoms with van der Waals surface area (Å²) >= 11 is 0. The summed E-state index contributed by atoms with van der Waals surface area (Å²) in [4.78, 5) is 8.61. The first-order chi connectivity index (χ1) is 11.9. The molecule has 8 heteroatoms. The fraction of sp³-hybridized carbons (Fsp3) is 0.412. The number of rotatable bonds is 5. The second-order valence-corrected chi connectivity index (χ2v) is 5.93. The van der Waals surface area contributed by atoms with Gasteiger partial charge in [-0.05, 0) is 44.0 Å². The summed E-state index contributed by atoms with van der Waals surface area (Å²) in [5.74, 6) is 0.979. The lowest BCUT2D eigenvalue weighted by Crippen LogP contribution is -2.19. The van der Waals surface area contributed by atoms with E-state index in [0.29, 0.717) is 24.0 Å². The molecule has 1 aromatic heterocycles. The molecule has 25 heavy (non-hydrogen) atoms. The first kappa shape index (κ1) is 17.5. The van der Waals surface area contributed by atoms with Gasteiger partial charge in [0, 0.05) is 30.6 Å². The van der Waals surface area contributed by atoms with E-state index in [9.17, 15) is 13.2 Å². The zero-order valence-electron chi connectivity index (χ0n) is 13.7. The van der Waals surface area contributed by atoms with Gasteiger partial charge in [0.2, 0.25) is 5.95 Å². The smallest absolute Gasteiger partial charge is 0.376 e. The number of hydrogen-bond acceptors (Lipinski definition) is 5. The molecular formula is C17H19F3N4O. The van der Waals surface area contributed by atoms with Gasteiger partial charge in [0.1, 0.15) is 5.82 Å². The SMILES string of the molecule is Cc1cc(NCC2CCCO2)nc(Nc2ccc(C(F)(F)F)cc2)n1. The van der Waals surface area contributed by atoms with Crippen molar-refractivity contribution in [1.29, 1.82) is 0 Å². The van der Waals surface area contributed by atoms with Crippen LogP contribution in [0.2, 0.25) is 0 Å². The van der Waals surface area contributed by atoms with E-state index >= 15 is 0 Å². The Bertz CT molecular complexity index is 713. The maximum absolute atomic E-state index is 12.6. The number of aromatic nitrogens is 2. The summed E-state index contributed by atoms with van der Waals surface area (Å²) < 4.78 is 43.4. The summed E-state index contributed by atoms with van der Waals surface area (Å²) in [5.41, 5.74) is 0.546. The van der Waals surface area contributed by atoms with Gasteiger partial charge in [-0.3, -0.25) is 0 Å². The Balaban J connectivity index is 1.67. The molecule has 0 bridgehead atoms. The highest BCUT2D eigenvalue weighted by Crippen LogP contribution is 2.30. The quantitative estimate of drug-likeness (QED) is 0.847. The first-order valence-electron chi connectivity index (χ1n) is 8.05.